The van der Waals surface area contributed by atoms with Crippen LogP contribution in [-0.2, 0) is 6.42 Å². The molecule has 0 amide bonds. The van der Waals surface area contributed by atoms with Crippen molar-refractivity contribution in [3.05, 3.63) is 21.3 Å². The van der Waals surface area contributed by atoms with Crippen molar-refractivity contribution in [2.45, 2.75) is 12.8 Å². The number of aliphatic hydroxyl groups is 1. The van der Waals surface area contributed by atoms with Gasteiger partial charge in [-0.2, -0.15) is 0 Å². The zero-order chi connectivity index (χ0) is 10.6. The number of hydrogen-bond donors (Lipinski definition) is 2. The van der Waals surface area contributed by atoms with Gasteiger partial charge in [-0.25, -0.2) is 0 Å². The van der Waals surface area contributed by atoms with Crippen LogP contribution in [-0.4, -0.2) is 23.9 Å². The minimum atomic E-state index is 0.157. The van der Waals surface area contributed by atoms with E-state index in [0.717, 1.165) is 22.0 Å². The van der Waals surface area contributed by atoms with E-state index in [-0.39, 0.29) is 12.4 Å². The molecule has 0 saturated heterocycles. The fourth-order valence-electron chi connectivity index (χ4n) is 1.21. The molecular weight excluding hydrogens is 295 g/mol. The van der Waals surface area contributed by atoms with E-state index >= 15 is 0 Å². The third kappa shape index (κ3) is 2.75. The predicted octanol–water partition coefficient (Wildman–Crippen LogP) is 1.93. The highest BCUT2D eigenvalue weighted by Crippen LogP contribution is 2.30. The molecule has 4 heteroatoms. The zero-order valence-corrected chi connectivity index (χ0v) is 10.1. The Morgan fingerprint density at radius 1 is 1.43 bits per heavy atom. The largest absolute Gasteiger partial charge is 0.504 e. The highest BCUT2D eigenvalue weighted by molar-refractivity contribution is 14.1. The number of benzene rings is 1. The van der Waals surface area contributed by atoms with Gasteiger partial charge < -0.3 is 14.9 Å². The smallest absolute Gasteiger partial charge is 0.160 e. The van der Waals surface area contributed by atoms with Gasteiger partial charge in [-0.05, 0) is 53.1 Å². The zero-order valence-electron chi connectivity index (χ0n) is 7.96. The molecule has 1 rings (SSSR count). The molecule has 0 aliphatic heterocycles. The average molecular weight is 308 g/mol. The van der Waals surface area contributed by atoms with E-state index in [1.807, 2.05) is 6.07 Å². The Labute approximate surface area is 96.9 Å². The topological polar surface area (TPSA) is 49.7 Å². The van der Waals surface area contributed by atoms with Crippen LogP contribution < -0.4 is 4.74 Å². The fraction of sp³-hybridized carbons (Fsp3) is 0.400. The maximum atomic E-state index is 9.46. The molecule has 0 fully saturated rings. The van der Waals surface area contributed by atoms with Crippen molar-refractivity contribution < 1.29 is 14.9 Å². The molecule has 0 aromatic heterocycles. The summed E-state index contributed by atoms with van der Waals surface area (Å²) in [6.45, 7) is 0.180. The molecule has 0 radical (unpaired) electrons. The van der Waals surface area contributed by atoms with Crippen molar-refractivity contribution in [3.8, 4) is 11.5 Å². The number of aliphatic hydroxyl groups excluding tert-OH is 1. The summed E-state index contributed by atoms with van der Waals surface area (Å²) in [6.07, 6.45) is 1.52. The molecular formula is C10H13IO3. The quantitative estimate of drug-likeness (QED) is 0.836. The molecule has 0 heterocycles. The first-order chi connectivity index (χ1) is 6.69. The molecule has 0 spiro atoms. The number of phenols is 1. The summed E-state index contributed by atoms with van der Waals surface area (Å²) in [6, 6.07) is 3.48. The first-order valence-electron chi connectivity index (χ1n) is 4.35. The lowest BCUT2D eigenvalue weighted by atomic mass is 10.1. The molecule has 0 aliphatic rings. The standard InChI is InChI=1S/C10H13IO3/c1-14-10-5-7(3-2-4-12)8(11)6-9(10)13/h5-6,12-13H,2-4H2,1H3. The second-order valence-corrected chi connectivity index (χ2v) is 4.10. The number of methoxy groups -OCH3 is 1. The molecule has 0 atom stereocenters. The van der Waals surface area contributed by atoms with Gasteiger partial charge in [0.05, 0.1) is 7.11 Å². The Morgan fingerprint density at radius 2 is 2.14 bits per heavy atom. The van der Waals surface area contributed by atoms with Gasteiger partial charge in [-0.15, -0.1) is 0 Å². The van der Waals surface area contributed by atoms with Crippen LogP contribution in [0.1, 0.15) is 12.0 Å². The SMILES string of the molecule is COc1cc(CCCO)c(I)cc1O. The fourth-order valence-corrected chi connectivity index (χ4v) is 1.93. The lowest BCUT2D eigenvalue weighted by Crippen LogP contribution is -1.94. The van der Waals surface area contributed by atoms with E-state index in [4.69, 9.17) is 9.84 Å². The van der Waals surface area contributed by atoms with Gasteiger partial charge in [0, 0.05) is 10.2 Å². The number of aryl methyl sites for hydroxylation is 1. The van der Waals surface area contributed by atoms with E-state index in [1.54, 1.807) is 6.07 Å². The van der Waals surface area contributed by atoms with Crippen LogP contribution in [0.4, 0.5) is 0 Å². The summed E-state index contributed by atoms with van der Waals surface area (Å²) in [5.74, 6) is 0.642. The molecule has 78 valence electrons. The third-order valence-corrected chi connectivity index (χ3v) is 2.96. The van der Waals surface area contributed by atoms with E-state index in [1.165, 1.54) is 7.11 Å². The van der Waals surface area contributed by atoms with Gasteiger partial charge in [-0.1, -0.05) is 0 Å². The number of halogens is 1. The number of ether oxygens (including phenoxy) is 1. The van der Waals surface area contributed by atoms with E-state index in [2.05, 4.69) is 22.6 Å². The Balaban J connectivity index is 2.92. The van der Waals surface area contributed by atoms with Crippen molar-refractivity contribution >= 4 is 22.6 Å². The summed E-state index contributed by atoms with van der Waals surface area (Å²) in [4.78, 5) is 0. The normalized spacial score (nSPS) is 10.2. The highest BCUT2D eigenvalue weighted by atomic mass is 127. The van der Waals surface area contributed by atoms with Gasteiger partial charge in [0.25, 0.3) is 0 Å². The Kier molecular flexibility index (Phi) is 4.47. The Hall–Kier alpha value is -0.490. The predicted molar refractivity (Wildman–Crippen MR) is 62.8 cm³/mol. The summed E-state index contributed by atoms with van der Waals surface area (Å²) in [5, 5.41) is 18.2. The molecule has 14 heavy (non-hydrogen) atoms. The Bertz CT molecular complexity index is 312. The third-order valence-electron chi connectivity index (χ3n) is 1.95. The Morgan fingerprint density at radius 3 is 2.71 bits per heavy atom. The molecule has 1 aromatic carbocycles. The van der Waals surface area contributed by atoms with Crippen LogP contribution >= 0.6 is 22.6 Å². The molecule has 2 N–H and O–H groups in total. The van der Waals surface area contributed by atoms with Gasteiger partial charge in [0.15, 0.2) is 11.5 Å². The van der Waals surface area contributed by atoms with Gasteiger partial charge in [0.1, 0.15) is 0 Å². The van der Waals surface area contributed by atoms with Crippen LogP contribution in [0.3, 0.4) is 0 Å². The average Bonchev–Trinajstić information content (AvgIpc) is 2.17. The van der Waals surface area contributed by atoms with Crippen LogP contribution in [0.25, 0.3) is 0 Å². The van der Waals surface area contributed by atoms with Gasteiger partial charge in [-0.3, -0.25) is 0 Å². The number of rotatable bonds is 4. The molecule has 0 saturated carbocycles. The molecule has 1 aromatic rings. The van der Waals surface area contributed by atoms with Crippen LogP contribution in [0.15, 0.2) is 12.1 Å². The van der Waals surface area contributed by atoms with Crippen molar-refractivity contribution in [1.82, 2.24) is 0 Å². The maximum absolute atomic E-state index is 9.46. The van der Waals surface area contributed by atoms with E-state index < -0.39 is 0 Å². The first kappa shape index (κ1) is 11.6. The van der Waals surface area contributed by atoms with E-state index in [9.17, 15) is 5.11 Å². The summed E-state index contributed by atoms with van der Waals surface area (Å²) in [7, 11) is 1.53. The summed E-state index contributed by atoms with van der Waals surface area (Å²) in [5.41, 5.74) is 1.09. The lowest BCUT2D eigenvalue weighted by Gasteiger charge is -2.08. The minimum Gasteiger partial charge on any atom is -0.504 e. The minimum absolute atomic E-state index is 0.157. The van der Waals surface area contributed by atoms with Crippen LogP contribution in [0.2, 0.25) is 0 Å². The van der Waals surface area contributed by atoms with E-state index in [0.29, 0.717) is 5.75 Å². The van der Waals surface area contributed by atoms with Gasteiger partial charge >= 0.3 is 0 Å². The van der Waals surface area contributed by atoms with Gasteiger partial charge in [0.2, 0.25) is 0 Å². The van der Waals surface area contributed by atoms with Crippen molar-refractivity contribution in [2.75, 3.05) is 13.7 Å². The number of aromatic hydroxyl groups is 1. The van der Waals surface area contributed by atoms with Crippen molar-refractivity contribution in [3.63, 3.8) is 0 Å². The van der Waals surface area contributed by atoms with Crippen molar-refractivity contribution in [2.24, 2.45) is 0 Å². The van der Waals surface area contributed by atoms with Crippen LogP contribution in [0, 0.1) is 3.57 Å². The number of phenolic OH excluding ortho intramolecular Hbond substituents is 1. The first-order valence-corrected chi connectivity index (χ1v) is 5.43. The molecule has 3 nitrogen and oxygen atoms in total. The van der Waals surface area contributed by atoms with Crippen molar-refractivity contribution in [1.29, 1.82) is 0 Å². The monoisotopic (exact) mass is 308 g/mol. The summed E-state index contributed by atoms with van der Waals surface area (Å²) >= 11 is 2.16. The second kappa shape index (κ2) is 5.41. The second-order valence-electron chi connectivity index (χ2n) is 2.94. The molecule has 0 bridgehead atoms. The highest BCUT2D eigenvalue weighted by Gasteiger charge is 2.07. The van der Waals surface area contributed by atoms with Crippen LogP contribution in [0.5, 0.6) is 11.5 Å². The lowest BCUT2D eigenvalue weighted by molar-refractivity contribution is 0.288. The number of hydrogen-bond acceptors (Lipinski definition) is 3. The molecule has 0 unspecified atom stereocenters. The summed E-state index contributed by atoms with van der Waals surface area (Å²) < 4.78 is 6.00. The maximum Gasteiger partial charge on any atom is 0.160 e. The molecule has 0 aliphatic carbocycles.